The van der Waals surface area contributed by atoms with Crippen LogP contribution >= 0.6 is 0 Å². The molecule has 5 heteroatoms. The Balaban J connectivity index is 2.07. The van der Waals surface area contributed by atoms with Gasteiger partial charge in [0.1, 0.15) is 11.2 Å². The van der Waals surface area contributed by atoms with Gasteiger partial charge in [0.25, 0.3) is 0 Å². The summed E-state index contributed by atoms with van der Waals surface area (Å²) in [6.45, 7) is 13.8. The van der Waals surface area contributed by atoms with Crippen molar-refractivity contribution in [3.8, 4) is 0 Å². The average molecular weight is 366 g/mol. The number of esters is 1. The maximum atomic E-state index is 12.5. The number of rotatable bonds is 5. The number of hydrogen-bond acceptors (Lipinski definition) is 4. The predicted molar refractivity (Wildman–Crippen MR) is 102 cm³/mol. The molecular weight excluding hydrogens is 330 g/mol. The molecule has 2 rings (SSSR count). The van der Waals surface area contributed by atoms with Gasteiger partial charge in [0.05, 0.1) is 6.42 Å². The van der Waals surface area contributed by atoms with Crippen molar-refractivity contribution in [3.05, 3.63) is 11.6 Å². The molecule has 0 aromatic carbocycles. The summed E-state index contributed by atoms with van der Waals surface area (Å²) in [7, 11) is 0. The lowest BCUT2D eigenvalue weighted by molar-refractivity contribution is -0.162. The van der Waals surface area contributed by atoms with E-state index in [0.717, 1.165) is 19.3 Å². The maximum Gasteiger partial charge on any atom is 0.407 e. The number of ether oxygens (including phenoxy) is 2. The van der Waals surface area contributed by atoms with E-state index in [9.17, 15) is 9.59 Å². The van der Waals surface area contributed by atoms with Gasteiger partial charge in [-0.25, -0.2) is 4.79 Å². The van der Waals surface area contributed by atoms with Crippen molar-refractivity contribution in [2.24, 2.45) is 17.3 Å². The van der Waals surface area contributed by atoms with Crippen molar-refractivity contribution in [2.75, 3.05) is 6.54 Å². The number of carbonyl (C=O) groups is 2. The molecule has 0 aliphatic heterocycles. The van der Waals surface area contributed by atoms with Crippen molar-refractivity contribution in [1.29, 1.82) is 0 Å². The number of amides is 1. The molecule has 2 aliphatic carbocycles. The zero-order valence-electron chi connectivity index (χ0n) is 17.4. The first-order valence-corrected chi connectivity index (χ1v) is 9.72. The summed E-state index contributed by atoms with van der Waals surface area (Å²) < 4.78 is 10.9. The van der Waals surface area contributed by atoms with Crippen LogP contribution in [0.4, 0.5) is 4.79 Å². The molecule has 0 spiro atoms. The highest BCUT2D eigenvalue weighted by Crippen LogP contribution is 2.60. The summed E-state index contributed by atoms with van der Waals surface area (Å²) in [6.07, 6.45) is 5.33. The number of nitrogens with one attached hydrogen (secondary N) is 1. The highest BCUT2D eigenvalue weighted by atomic mass is 16.6. The quantitative estimate of drug-likeness (QED) is 0.571. The Morgan fingerprint density at radius 2 is 1.77 bits per heavy atom. The minimum absolute atomic E-state index is 0.194. The molecule has 2 aliphatic rings. The molecule has 0 aromatic rings. The van der Waals surface area contributed by atoms with Gasteiger partial charge in [-0.3, -0.25) is 4.79 Å². The summed E-state index contributed by atoms with van der Waals surface area (Å²) in [5, 5.41) is 2.90. The zero-order valence-corrected chi connectivity index (χ0v) is 17.4. The standard InChI is InChI=1S/C21H35NO4/c1-8-14-9-15-11-21(16(15)10-14,12-17(23)25-19(2,3)4)13-22-18(24)26-20(5,6)7/h10,15-16H,8-9,11-13H2,1-7H3,(H,22,24)/t15-,16-,21-/m1/s1. The number of hydrogen-bond donors (Lipinski definition) is 1. The molecule has 0 unspecified atom stereocenters. The van der Waals surface area contributed by atoms with Crippen LogP contribution in [0.1, 0.15) is 74.1 Å². The van der Waals surface area contributed by atoms with E-state index in [1.165, 1.54) is 5.57 Å². The van der Waals surface area contributed by atoms with Crippen LogP contribution in [-0.2, 0) is 14.3 Å². The van der Waals surface area contributed by atoms with E-state index in [1.54, 1.807) is 0 Å². The molecule has 0 saturated heterocycles. The van der Waals surface area contributed by atoms with E-state index in [2.05, 4.69) is 18.3 Å². The van der Waals surface area contributed by atoms with Gasteiger partial charge in [-0.1, -0.05) is 18.6 Å². The van der Waals surface area contributed by atoms with Crippen LogP contribution in [0, 0.1) is 17.3 Å². The zero-order chi connectivity index (χ0) is 19.8. The Morgan fingerprint density at radius 3 is 2.31 bits per heavy atom. The average Bonchev–Trinajstić information content (AvgIpc) is 2.77. The Kier molecular flexibility index (Phi) is 5.79. The lowest BCUT2D eigenvalue weighted by Gasteiger charge is -2.52. The molecule has 148 valence electrons. The Hall–Kier alpha value is -1.52. The van der Waals surface area contributed by atoms with Crippen LogP contribution in [0.2, 0.25) is 0 Å². The van der Waals surface area contributed by atoms with Crippen molar-refractivity contribution in [1.82, 2.24) is 5.32 Å². The Labute approximate surface area is 157 Å². The number of carbonyl (C=O) groups excluding carboxylic acids is 2. The Bertz CT molecular complexity index is 582. The second-order valence-electron chi connectivity index (χ2n) is 9.85. The second kappa shape index (κ2) is 7.24. The smallest absolute Gasteiger partial charge is 0.407 e. The molecule has 0 bridgehead atoms. The molecule has 1 fully saturated rings. The van der Waals surface area contributed by atoms with Gasteiger partial charge >= 0.3 is 12.1 Å². The molecule has 5 nitrogen and oxygen atoms in total. The van der Waals surface area contributed by atoms with E-state index < -0.39 is 17.3 Å². The van der Waals surface area contributed by atoms with Crippen LogP contribution in [0.5, 0.6) is 0 Å². The topological polar surface area (TPSA) is 64.6 Å². The fraction of sp³-hybridized carbons (Fsp3) is 0.810. The lowest BCUT2D eigenvalue weighted by atomic mass is 9.53. The van der Waals surface area contributed by atoms with Gasteiger partial charge < -0.3 is 14.8 Å². The summed E-state index contributed by atoms with van der Waals surface area (Å²) in [5.41, 5.74) is 0.164. The van der Waals surface area contributed by atoms with Crippen LogP contribution < -0.4 is 5.32 Å². The minimum Gasteiger partial charge on any atom is -0.460 e. The fourth-order valence-electron chi connectivity index (χ4n) is 4.23. The van der Waals surface area contributed by atoms with E-state index in [0.29, 0.717) is 24.8 Å². The Morgan fingerprint density at radius 1 is 1.15 bits per heavy atom. The lowest BCUT2D eigenvalue weighted by Crippen LogP contribution is -2.54. The van der Waals surface area contributed by atoms with Crippen molar-refractivity contribution < 1.29 is 19.1 Å². The fourth-order valence-corrected chi connectivity index (χ4v) is 4.23. The highest BCUT2D eigenvalue weighted by Gasteiger charge is 2.56. The molecule has 0 aromatic heterocycles. The van der Waals surface area contributed by atoms with Gasteiger partial charge in [0, 0.05) is 12.0 Å². The molecule has 26 heavy (non-hydrogen) atoms. The third kappa shape index (κ3) is 5.24. The monoisotopic (exact) mass is 365 g/mol. The van der Waals surface area contributed by atoms with Gasteiger partial charge in [-0.2, -0.15) is 0 Å². The van der Waals surface area contributed by atoms with Crippen LogP contribution in [-0.4, -0.2) is 29.8 Å². The summed E-state index contributed by atoms with van der Waals surface area (Å²) in [5.74, 6) is 0.730. The number of alkyl carbamates (subject to hydrolysis) is 1. The summed E-state index contributed by atoms with van der Waals surface area (Å²) >= 11 is 0. The number of fused-ring (bicyclic) bond motifs is 1. The molecule has 0 heterocycles. The first kappa shape index (κ1) is 20.8. The maximum absolute atomic E-state index is 12.5. The number of allylic oxidation sites excluding steroid dienone is 2. The first-order valence-electron chi connectivity index (χ1n) is 9.72. The first-order chi connectivity index (χ1) is 11.8. The normalized spacial score (nSPS) is 27.9. The van der Waals surface area contributed by atoms with Gasteiger partial charge in [-0.05, 0) is 72.6 Å². The van der Waals surface area contributed by atoms with Crippen molar-refractivity contribution in [3.63, 3.8) is 0 Å². The largest absolute Gasteiger partial charge is 0.460 e. The van der Waals surface area contributed by atoms with E-state index in [-0.39, 0.29) is 11.4 Å². The van der Waals surface area contributed by atoms with Crippen molar-refractivity contribution >= 4 is 12.1 Å². The molecule has 0 radical (unpaired) electrons. The van der Waals surface area contributed by atoms with Gasteiger partial charge in [0.15, 0.2) is 0 Å². The van der Waals surface area contributed by atoms with E-state index in [4.69, 9.17) is 9.47 Å². The van der Waals surface area contributed by atoms with Crippen LogP contribution in [0.25, 0.3) is 0 Å². The minimum atomic E-state index is -0.535. The molecular formula is C21H35NO4. The molecule has 1 amide bonds. The second-order valence-corrected chi connectivity index (χ2v) is 9.85. The van der Waals surface area contributed by atoms with E-state index >= 15 is 0 Å². The molecule has 3 atom stereocenters. The van der Waals surface area contributed by atoms with Crippen LogP contribution in [0.15, 0.2) is 11.6 Å². The molecule has 1 N–H and O–H groups in total. The highest BCUT2D eigenvalue weighted by molar-refractivity contribution is 5.72. The molecule has 1 saturated carbocycles. The van der Waals surface area contributed by atoms with Crippen molar-refractivity contribution in [2.45, 2.75) is 85.4 Å². The SMILES string of the molecule is CCC1=C[C@@H]2[C@H](C1)C[C@]2(CNC(=O)OC(C)(C)C)CC(=O)OC(C)(C)C. The van der Waals surface area contributed by atoms with Crippen LogP contribution in [0.3, 0.4) is 0 Å². The third-order valence-corrected chi connectivity index (χ3v) is 5.18. The van der Waals surface area contributed by atoms with Gasteiger partial charge in [-0.15, -0.1) is 0 Å². The van der Waals surface area contributed by atoms with Gasteiger partial charge in [0.2, 0.25) is 0 Å². The summed E-state index contributed by atoms with van der Waals surface area (Å²) in [6, 6.07) is 0. The van der Waals surface area contributed by atoms with E-state index in [1.807, 2.05) is 41.5 Å². The third-order valence-electron chi connectivity index (χ3n) is 5.18. The summed E-state index contributed by atoms with van der Waals surface area (Å²) in [4.78, 5) is 24.6. The predicted octanol–water partition coefficient (Wildman–Crippen LogP) is 4.61.